The molecule has 1 N–H and O–H groups in total. The Morgan fingerprint density at radius 3 is 2.70 bits per heavy atom. The fourth-order valence-corrected chi connectivity index (χ4v) is 4.77. The number of carbonyl (C=O) groups excluding carboxylic acids is 3. The average Bonchev–Trinajstić information content (AvgIpc) is 3.27. The molecule has 1 spiro atoms. The van der Waals surface area contributed by atoms with Gasteiger partial charge in [0.05, 0.1) is 18.6 Å². The highest BCUT2D eigenvalue weighted by Gasteiger charge is 2.67. The lowest BCUT2D eigenvalue weighted by Crippen LogP contribution is -2.44. The molecule has 4 rings (SSSR count). The molecule has 1 aromatic rings. The molecule has 1 aromatic carbocycles. The summed E-state index contributed by atoms with van der Waals surface area (Å²) in [6.45, 7) is 9.51. The summed E-state index contributed by atoms with van der Waals surface area (Å²) in [5.74, 6) is -2.49. The number of hydrogen-bond donors (Lipinski definition) is 1. The van der Waals surface area contributed by atoms with Crippen molar-refractivity contribution in [2.24, 2.45) is 11.8 Å². The fraction of sp³-hybridized carbons (Fsp3) is 0.522. The Hall–Kier alpha value is -2.67. The van der Waals surface area contributed by atoms with E-state index in [1.807, 2.05) is 65.0 Å². The monoisotopic (exact) mass is 412 g/mol. The molecule has 2 amide bonds. The predicted molar refractivity (Wildman–Crippen MR) is 111 cm³/mol. The van der Waals surface area contributed by atoms with E-state index in [-0.39, 0.29) is 18.4 Å². The molecule has 2 saturated heterocycles. The van der Waals surface area contributed by atoms with Crippen molar-refractivity contribution in [3.63, 3.8) is 0 Å². The molecule has 0 unspecified atom stereocenters. The summed E-state index contributed by atoms with van der Waals surface area (Å²) >= 11 is 0. The standard InChI is InChI=1S/C23H28N2O5/c1-13-6-7-15(14(2)10-13)25-12-23-9-8-16(30-23)18(19(23)20(25)27)21(28)29-11-17(26)24-22(3,4)5/h6-10,16,18-19H,11-12H2,1-5H3,(H,24,26)/t16-,18-,19+,23-/m0/s1. The third-order valence-corrected chi connectivity index (χ3v) is 5.88. The number of anilines is 1. The van der Waals surface area contributed by atoms with Crippen LogP contribution in [0.4, 0.5) is 5.69 Å². The van der Waals surface area contributed by atoms with E-state index < -0.39 is 35.0 Å². The first-order valence-corrected chi connectivity index (χ1v) is 10.2. The van der Waals surface area contributed by atoms with Gasteiger partial charge in [0.1, 0.15) is 11.5 Å². The number of benzene rings is 1. The Balaban J connectivity index is 1.52. The van der Waals surface area contributed by atoms with Crippen LogP contribution in [0.15, 0.2) is 30.4 Å². The lowest BCUT2D eigenvalue weighted by molar-refractivity contribution is -0.156. The lowest BCUT2D eigenvalue weighted by Gasteiger charge is -2.24. The molecule has 3 heterocycles. The van der Waals surface area contributed by atoms with E-state index in [2.05, 4.69) is 5.32 Å². The second kappa shape index (κ2) is 6.94. The zero-order chi connectivity index (χ0) is 21.8. The van der Waals surface area contributed by atoms with Gasteiger partial charge in [0.2, 0.25) is 5.91 Å². The van der Waals surface area contributed by atoms with Crippen molar-refractivity contribution in [1.82, 2.24) is 5.32 Å². The Bertz CT molecular complexity index is 947. The van der Waals surface area contributed by atoms with Gasteiger partial charge in [-0.25, -0.2) is 0 Å². The number of hydrogen-bond acceptors (Lipinski definition) is 5. The van der Waals surface area contributed by atoms with Crippen LogP contribution in [0.5, 0.6) is 0 Å². The Labute approximate surface area is 176 Å². The molecule has 3 aliphatic rings. The van der Waals surface area contributed by atoms with Crippen LogP contribution < -0.4 is 10.2 Å². The molecule has 30 heavy (non-hydrogen) atoms. The highest BCUT2D eigenvalue weighted by Crippen LogP contribution is 2.53. The van der Waals surface area contributed by atoms with Crippen LogP contribution in [0.2, 0.25) is 0 Å². The van der Waals surface area contributed by atoms with Crippen molar-refractivity contribution in [3.05, 3.63) is 41.5 Å². The number of ether oxygens (including phenoxy) is 2. The van der Waals surface area contributed by atoms with Crippen LogP contribution >= 0.6 is 0 Å². The Morgan fingerprint density at radius 2 is 2.03 bits per heavy atom. The van der Waals surface area contributed by atoms with Gasteiger partial charge in [0.25, 0.3) is 5.91 Å². The van der Waals surface area contributed by atoms with E-state index in [4.69, 9.17) is 9.47 Å². The summed E-state index contributed by atoms with van der Waals surface area (Å²) in [7, 11) is 0. The van der Waals surface area contributed by atoms with Gasteiger partial charge in [-0.05, 0) is 46.2 Å². The minimum Gasteiger partial charge on any atom is -0.455 e. The predicted octanol–water partition coefficient (Wildman–Crippen LogP) is 2.05. The number of nitrogens with zero attached hydrogens (tertiary/aromatic N) is 1. The lowest BCUT2D eigenvalue weighted by atomic mass is 9.77. The quantitative estimate of drug-likeness (QED) is 0.604. The van der Waals surface area contributed by atoms with Gasteiger partial charge in [-0.15, -0.1) is 0 Å². The van der Waals surface area contributed by atoms with Gasteiger partial charge in [0.15, 0.2) is 6.61 Å². The normalized spacial score (nSPS) is 29.3. The maximum Gasteiger partial charge on any atom is 0.313 e. The highest BCUT2D eigenvalue weighted by atomic mass is 16.6. The number of nitrogens with one attached hydrogen (secondary N) is 1. The molecule has 2 fully saturated rings. The van der Waals surface area contributed by atoms with Gasteiger partial charge in [-0.1, -0.05) is 29.8 Å². The summed E-state index contributed by atoms with van der Waals surface area (Å²) < 4.78 is 11.4. The molecule has 4 atom stereocenters. The van der Waals surface area contributed by atoms with Crippen molar-refractivity contribution < 1.29 is 23.9 Å². The minimum atomic E-state index is -0.823. The molecule has 3 aliphatic heterocycles. The van der Waals surface area contributed by atoms with Crippen LogP contribution in [-0.2, 0) is 23.9 Å². The summed E-state index contributed by atoms with van der Waals surface area (Å²) in [6, 6.07) is 5.93. The molecule has 7 nitrogen and oxygen atoms in total. The number of rotatable bonds is 4. The van der Waals surface area contributed by atoms with Crippen molar-refractivity contribution >= 4 is 23.5 Å². The van der Waals surface area contributed by atoms with Crippen LogP contribution in [0.3, 0.4) is 0 Å². The van der Waals surface area contributed by atoms with Crippen LogP contribution in [-0.4, -0.2) is 48.2 Å². The zero-order valence-electron chi connectivity index (χ0n) is 18.0. The first-order chi connectivity index (χ1) is 14.0. The first-order valence-electron chi connectivity index (χ1n) is 10.2. The second-order valence-corrected chi connectivity index (χ2v) is 9.52. The molecule has 7 heteroatoms. The van der Waals surface area contributed by atoms with E-state index in [1.54, 1.807) is 4.90 Å². The summed E-state index contributed by atoms with van der Waals surface area (Å²) in [4.78, 5) is 40.0. The minimum absolute atomic E-state index is 0.144. The van der Waals surface area contributed by atoms with E-state index >= 15 is 0 Å². The summed E-state index contributed by atoms with van der Waals surface area (Å²) in [6.07, 6.45) is 3.23. The molecule has 2 bridgehead atoms. The Morgan fingerprint density at radius 1 is 1.30 bits per heavy atom. The molecule has 160 valence electrons. The van der Waals surface area contributed by atoms with E-state index in [1.165, 1.54) is 0 Å². The van der Waals surface area contributed by atoms with Gasteiger partial charge in [-0.2, -0.15) is 0 Å². The smallest absolute Gasteiger partial charge is 0.313 e. The third-order valence-electron chi connectivity index (χ3n) is 5.88. The van der Waals surface area contributed by atoms with E-state index in [9.17, 15) is 14.4 Å². The number of aryl methyl sites for hydroxylation is 2. The fourth-order valence-electron chi connectivity index (χ4n) is 4.77. The average molecular weight is 412 g/mol. The Kier molecular flexibility index (Phi) is 4.77. The van der Waals surface area contributed by atoms with Crippen molar-refractivity contribution in [3.8, 4) is 0 Å². The SMILES string of the molecule is Cc1ccc(N2C[C@]34C=C[C@H](O3)[C@H](C(=O)OCC(=O)NC(C)(C)C)[C@@H]4C2=O)c(C)c1. The van der Waals surface area contributed by atoms with Gasteiger partial charge >= 0.3 is 5.97 Å². The number of fused-ring (bicyclic) bond motifs is 1. The largest absolute Gasteiger partial charge is 0.455 e. The molecule has 0 radical (unpaired) electrons. The molecule has 0 aromatic heterocycles. The molecular formula is C23H28N2O5. The number of carbonyl (C=O) groups is 3. The summed E-state index contributed by atoms with van der Waals surface area (Å²) in [5.41, 5.74) is 1.70. The van der Waals surface area contributed by atoms with Crippen molar-refractivity contribution in [2.45, 2.75) is 51.9 Å². The van der Waals surface area contributed by atoms with E-state index in [0.29, 0.717) is 6.54 Å². The maximum absolute atomic E-state index is 13.4. The van der Waals surface area contributed by atoms with Crippen LogP contribution in [0.25, 0.3) is 0 Å². The first kappa shape index (κ1) is 20.6. The van der Waals surface area contributed by atoms with Gasteiger partial charge in [-0.3, -0.25) is 14.4 Å². The molecular weight excluding hydrogens is 384 g/mol. The van der Waals surface area contributed by atoms with E-state index in [0.717, 1.165) is 16.8 Å². The van der Waals surface area contributed by atoms with Crippen LogP contribution in [0, 0.1) is 25.7 Å². The zero-order valence-corrected chi connectivity index (χ0v) is 18.0. The maximum atomic E-state index is 13.4. The summed E-state index contributed by atoms with van der Waals surface area (Å²) in [5, 5.41) is 2.76. The molecule has 0 saturated carbocycles. The highest BCUT2D eigenvalue weighted by molar-refractivity contribution is 6.03. The number of amides is 2. The van der Waals surface area contributed by atoms with Crippen molar-refractivity contribution in [1.29, 1.82) is 0 Å². The second-order valence-electron chi connectivity index (χ2n) is 9.52. The van der Waals surface area contributed by atoms with Crippen LogP contribution in [0.1, 0.15) is 31.9 Å². The van der Waals surface area contributed by atoms with Crippen molar-refractivity contribution in [2.75, 3.05) is 18.1 Å². The third kappa shape index (κ3) is 3.41. The van der Waals surface area contributed by atoms with Gasteiger partial charge < -0.3 is 19.7 Å². The molecule has 0 aliphatic carbocycles. The topological polar surface area (TPSA) is 84.9 Å². The van der Waals surface area contributed by atoms with Gasteiger partial charge in [0, 0.05) is 11.2 Å². The number of esters is 1.